The molecule has 0 aliphatic heterocycles. The lowest BCUT2D eigenvalue weighted by atomic mass is 10.1. The molecule has 1 N–H and O–H groups in total. The van der Waals surface area contributed by atoms with Crippen LogP contribution in [0.5, 0.6) is 11.5 Å². The van der Waals surface area contributed by atoms with Gasteiger partial charge in [-0.25, -0.2) is 0 Å². The summed E-state index contributed by atoms with van der Waals surface area (Å²) < 4.78 is 10.6. The van der Waals surface area contributed by atoms with Gasteiger partial charge < -0.3 is 14.8 Å². The standard InChI is InChI=1S/C19H23NO3S/c1-14-17(22-2)12-15(13-18(14)23-3)19(21)20-10-7-11-24-16-8-5-4-6-9-16/h4-6,8-9,12-13H,7,10-11H2,1-3H3,(H,20,21). The Morgan fingerprint density at radius 2 is 1.71 bits per heavy atom. The summed E-state index contributed by atoms with van der Waals surface area (Å²) in [5.74, 6) is 2.15. The van der Waals surface area contributed by atoms with E-state index < -0.39 is 0 Å². The highest BCUT2D eigenvalue weighted by Crippen LogP contribution is 2.29. The number of amides is 1. The predicted octanol–water partition coefficient (Wildman–Crippen LogP) is 3.92. The van der Waals surface area contributed by atoms with Gasteiger partial charge in [0.1, 0.15) is 11.5 Å². The molecule has 0 bridgehead atoms. The normalized spacial score (nSPS) is 10.3. The van der Waals surface area contributed by atoms with Gasteiger partial charge in [-0.3, -0.25) is 4.79 Å². The van der Waals surface area contributed by atoms with Gasteiger partial charge in [-0.1, -0.05) is 18.2 Å². The number of nitrogens with one attached hydrogen (secondary N) is 1. The van der Waals surface area contributed by atoms with Crippen LogP contribution in [0.25, 0.3) is 0 Å². The lowest BCUT2D eigenvalue weighted by Gasteiger charge is -2.12. The van der Waals surface area contributed by atoms with Gasteiger partial charge >= 0.3 is 0 Å². The van der Waals surface area contributed by atoms with Gasteiger partial charge in [0, 0.05) is 22.6 Å². The van der Waals surface area contributed by atoms with Crippen molar-refractivity contribution in [2.24, 2.45) is 0 Å². The molecule has 0 saturated heterocycles. The summed E-state index contributed by atoms with van der Waals surface area (Å²) in [6.45, 7) is 2.54. The minimum Gasteiger partial charge on any atom is -0.496 e. The molecule has 0 aliphatic rings. The van der Waals surface area contributed by atoms with E-state index >= 15 is 0 Å². The number of carbonyl (C=O) groups is 1. The Bertz CT molecular complexity index is 649. The number of carbonyl (C=O) groups excluding carboxylic acids is 1. The average molecular weight is 345 g/mol. The summed E-state index contributed by atoms with van der Waals surface area (Å²) in [6, 6.07) is 13.7. The third kappa shape index (κ3) is 4.93. The second-order valence-corrected chi connectivity index (χ2v) is 6.45. The predicted molar refractivity (Wildman–Crippen MR) is 98.4 cm³/mol. The number of hydrogen-bond acceptors (Lipinski definition) is 4. The van der Waals surface area contributed by atoms with E-state index in [1.165, 1.54) is 4.90 Å². The quantitative estimate of drug-likeness (QED) is 0.582. The van der Waals surface area contributed by atoms with Crippen LogP contribution in [0.2, 0.25) is 0 Å². The van der Waals surface area contributed by atoms with Gasteiger partial charge in [0.05, 0.1) is 14.2 Å². The zero-order valence-electron chi connectivity index (χ0n) is 14.3. The van der Waals surface area contributed by atoms with E-state index in [1.807, 2.05) is 25.1 Å². The first kappa shape index (κ1) is 18.2. The number of thioether (sulfide) groups is 1. The number of hydrogen-bond donors (Lipinski definition) is 1. The number of benzene rings is 2. The number of ether oxygens (including phenoxy) is 2. The summed E-state index contributed by atoms with van der Waals surface area (Å²) in [7, 11) is 3.18. The lowest BCUT2D eigenvalue weighted by Crippen LogP contribution is -2.25. The van der Waals surface area contributed by atoms with Crippen molar-refractivity contribution in [1.82, 2.24) is 5.32 Å². The molecule has 0 aromatic heterocycles. The first-order valence-corrected chi connectivity index (χ1v) is 8.83. The van der Waals surface area contributed by atoms with E-state index in [2.05, 4.69) is 17.4 Å². The van der Waals surface area contributed by atoms with Crippen molar-refractivity contribution in [1.29, 1.82) is 0 Å². The van der Waals surface area contributed by atoms with Crippen LogP contribution in [-0.2, 0) is 0 Å². The van der Waals surface area contributed by atoms with E-state index in [9.17, 15) is 4.79 Å². The SMILES string of the molecule is COc1cc(C(=O)NCCCSc2ccccc2)cc(OC)c1C. The largest absolute Gasteiger partial charge is 0.496 e. The zero-order valence-corrected chi connectivity index (χ0v) is 15.1. The second kappa shape index (κ2) is 9.23. The minimum atomic E-state index is -0.115. The second-order valence-electron chi connectivity index (χ2n) is 5.28. The molecule has 2 rings (SSSR count). The Balaban J connectivity index is 1.84. The number of rotatable bonds is 8. The summed E-state index contributed by atoms with van der Waals surface area (Å²) in [4.78, 5) is 13.5. The summed E-state index contributed by atoms with van der Waals surface area (Å²) in [6.07, 6.45) is 0.908. The highest BCUT2D eigenvalue weighted by molar-refractivity contribution is 7.99. The van der Waals surface area contributed by atoms with E-state index in [0.29, 0.717) is 23.6 Å². The fourth-order valence-corrected chi connectivity index (χ4v) is 3.17. The van der Waals surface area contributed by atoms with Gasteiger partial charge in [0.15, 0.2) is 0 Å². The molecule has 0 heterocycles. The molecule has 0 spiro atoms. The summed E-state index contributed by atoms with van der Waals surface area (Å²) in [5, 5.41) is 2.94. The molecule has 0 saturated carbocycles. The Morgan fingerprint density at radius 1 is 1.08 bits per heavy atom. The Morgan fingerprint density at radius 3 is 2.29 bits per heavy atom. The zero-order chi connectivity index (χ0) is 17.4. The monoisotopic (exact) mass is 345 g/mol. The summed E-state index contributed by atoms with van der Waals surface area (Å²) in [5.41, 5.74) is 1.43. The van der Waals surface area contributed by atoms with Gasteiger partial charge in [0.2, 0.25) is 0 Å². The maximum absolute atomic E-state index is 12.3. The van der Waals surface area contributed by atoms with E-state index in [1.54, 1.807) is 38.1 Å². The van der Waals surface area contributed by atoms with E-state index in [0.717, 1.165) is 17.7 Å². The van der Waals surface area contributed by atoms with Crippen molar-refractivity contribution in [2.45, 2.75) is 18.2 Å². The maximum Gasteiger partial charge on any atom is 0.251 e. The van der Waals surface area contributed by atoms with Gasteiger partial charge in [0.25, 0.3) is 5.91 Å². The molecule has 2 aromatic carbocycles. The smallest absolute Gasteiger partial charge is 0.251 e. The van der Waals surface area contributed by atoms with Crippen molar-refractivity contribution in [3.05, 3.63) is 53.6 Å². The van der Waals surface area contributed by atoms with E-state index in [-0.39, 0.29) is 5.91 Å². The van der Waals surface area contributed by atoms with Gasteiger partial charge in [-0.15, -0.1) is 11.8 Å². The molecule has 1 amide bonds. The molecule has 2 aromatic rings. The highest BCUT2D eigenvalue weighted by Gasteiger charge is 2.13. The molecule has 128 valence electrons. The van der Waals surface area contributed by atoms with E-state index in [4.69, 9.17) is 9.47 Å². The van der Waals surface area contributed by atoms with Crippen molar-refractivity contribution in [3.8, 4) is 11.5 Å². The molecular formula is C19H23NO3S. The Labute approximate surface area is 147 Å². The van der Waals surface area contributed by atoms with Crippen molar-refractivity contribution in [3.63, 3.8) is 0 Å². The minimum absolute atomic E-state index is 0.115. The van der Waals surface area contributed by atoms with Crippen LogP contribution in [0, 0.1) is 6.92 Å². The first-order chi connectivity index (χ1) is 11.7. The molecule has 0 aliphatic carbocycles. The third-order valence-electron chi connectivity index (χ3n) is 3.63. The molecule has 0 atom stereocenters. The molecule has 24 heavy (non-hydrogen) atoms. The van der Waals surface area contributed by atoms with Crippen LogP contribution in [0.4, 0.5) is 0 Å². The highest BCUT2D eigenvalue weighted by atomic mass is 32.2. The summed E-state index contributed by atoms with van der Waals surface area (Å²) >= 11 is 1.79. The molecule has 0 unspecified atom stereocenters. The van der Waals surface area contributed by atoms with Crippen LogP contribution in [0.15, 0.2) is 47.4 Å². The molecule has 4 nitrogen and oxygen atoms in total. The molecule has 0 fully saturated rings. The van der Waals surface area contributed by atoms with Crippen LogP contribution < -0.4 is 14.8 Å². The van der Waals surface area contributed by atoms with Crippen molar-refractivity contribution >= 4 is 17.7 Å². The maximum atomic E-state index is 12.3. The molecule has 0 radical (unpaired) electrons. The Kier molecular flexibility index (Phi) is 7.00. The first-order valence-electron chi connectivity index (χ1n) is 7.84. The average Bonchev–Trinajstić information content (AvgIpc) is 2.62. The van der Waals surface area contributed by atoms with Crippen LogP contribution >= 0.6 is 11.8 Å². The topological polar surface area (TPSA) is 47.6 Å². The third-order valence-corrected chi connectivity index (χ3v) is 4.73. The molecular weight excluding hydrogens is 322 g/mol. The van der Waals surface area contributed by atoms with Crippen LogP contribution in [-0.4, -0.2) is 32.4 Å². The van der Waals surface area contributed by atoms with Crippen LogP contribution in [0.3, 0.4) is 0 Å². The number of methoxy groups -OCH3 is 2. The fraction of sp³-hybridized carbons (Fsp3) is 0.316. The lowest BCUT2D eigenvalue weighted by molar-refractivity contribution is 0.0953. The van der Waals surface area contributed by atoms with Gasteiger partial charge in [-0.2, -0.15) is 0 Å². The molecule has 5 heteroatoms. The van der Waals surface area contributed by atoms with Gasteiger partial charge in [-0.05, 0) is 43.4 Å². The van der Waals surface area contributed by atoms with Crippen LogP contribution in [0.1, 0.15) is 22.3 Å². The Hall–Kier alpha value is -2.14. The van der Waals surface area contributed by atoms with Crippen molar-refractivity contribution in [2.75, 3.05) is 26.5 Å². The fourth-order valence-electron chi connectivity index (χ4n) is 2.30. The van der Waals surface area contributed by atoms with Crippen molar-refractivity contribution < 1.29 is 14.3 Å².